The number of carboxylic acid groups (broad SMARTS) is 1. The first kappa shape index (κ1) is 13.5. The maximum atomic E-state index is 12.2. The van der Waals surface area contributed by atoms with Gasteiger partial charge in [0.25, 0.3) is 0 Å². The summed E-state index contributed by atoms with van der Waals surface area (Å²) in [6.07, 6.45) is 1.59. The van der Waals surface area contributed by atoms with Gasteiger partial charge in [-0.05, 0) is 18.8 Å². The number of rotatable bonds is 2. The van der Waals surface area contributed by atoms with Crippen molar-refractivity contribution in [3.05, 3.63) is 0 Å². The number of urea groups is 1. The summed E-state index contributed by atoms with van der Waals surface area (Å²) < 4.78 is 0. The lowest BCUT2D eigenvalue weighted by Crippen LogP contribution is -2.51. The zero-order valence-electron chi connectivity index (χ0n) is 10.1. The van der Waals surface area contributed by atoms with Crippen molar-refractivity contribution >= 4 is 23.8 Å². The fourth-order valence-electron chi connectivity index (χ4n) is 2.32. The molecule has 0 aromatic heterocycles. The fourth-order valence-corrected chi connectivity index (χ4v) is 3.46. The molecule has 0 aliphatic carbocycles. The summed E-state index contributed by atoms with van der Waals surface area (Å²) in [5.41, 5.74) is 0. The minimum atomic E-state index is -0.932. The van der Waals surface area contributed by atoms with Crippen LogP contribution in [-0.4, -0.2) is 69.4 Å². The molecule has 2 heterocycles. The molecule has 2 N–H and O–H groups in total. The Hall–Kier alpha value is -0.950. The monoisotopic (exact) mass is 274 g/mol. The third-order valence-electron chi connectivity index (χ3n) is 3.56. The second kappa shape index (κ2) is 5.79. The molecule has 1 atom stereocenters. The predicted molar refractivity (Wildman–Crippen MR) is 67.4 cm³/mol. The van der Waals surface area contributed by atoms with E-state index in [2.05, 4.69) is 0 Å². The van der Waals surface area contributed by atoms with Gasteiger partial charge in [0, 0.05) is 25.4 Å². The van der Waals surface area contributed by atoms with Crippen molar-refractivity contribution in [3.8, 4) is 0 Å². The molecule has 6 nitrogen and oxygen atoms in total. The Morgan fingerprint density at radius 2 is 1.94 bits per heavy atom. The number of aliphatic hydroxyl groups is 1. The molecule has 0 saturated carbocycles. The predicted octanol–water partition coefficient (Wildman–Crippen LogP) is 0.270. The summed E-state index contributed by atoms with van der Waals surface area (Å²) in [5, 5.41) is 18.1. The largest absolute Gasteiger partial charge is 0.480 e. The first-order valence-electron chi connectivity index (χ1n) is 6.10. The van der Waals surface area contributed by atoms with E-state index in [1.54, 1.807) is 4.90 Å². The molecule has 7 heteroatoms. The number of carbonyl (C=O) groups excluding carboxylic acids is 1. The number of carbonyl (C=O) groups is 2. The molecule has 0 aromatic rings. The van der Waals surface area contributed by atoms with E-state index in [9.17, 15) is 9.59 Å². The van der Waals surface area contributed by atoms with Gasteiger partial charge in [0.05, 0.1) is 5.88 Å². The highest BCUT2D eigenvalue weighted by Gasteiger charge is 2.37. The van der Waals surface area contributed by atoms with Crippen molar-refractivity contribution in [3.63, 3.8) is 0 Å². The van der Waals surface area contributed by atoms with E-state index < -0.39 is 12.0 Å². The van der Waals surface area contributed by atoms with Crippen molar-refractivity contribution in [2.45, 2.75) is 18.9 Å². The highest BCUT2D eigenvalue weighted by Crippen LogP contribution is 2.24. The Morgan fingerprint density at radius 1 is 1.28 bits per heavy atom. The molecule has 18 heavy (non-hydrogen) atoms. The second-order valence-electron chi connectivity index (χ2n) is 4.72. The van der Waals surface area contributed by atoms with Crippen molar-refractivity contribution in [1.29, 1.82) is 0 Å². The van der Waals surface area contributed by atoms with Gasteiger partial charge in [0.2, 0.25) is 0 Å². The molecule has 2 fully saturated rings. The van der Waals surface area contributed by atoms with Crippen LogP contribution in [-0.2, 0) is 4.79 Å². The molecule has 2 aliphatic heterocycles. The second-order valence-corrected chi connectivity index (χ2v) is 5.72. The highest BCUT2D eigenvalue weighted by molar-refractivity contribution is 7.99. The molecule has 0 radical (unpaired) electrons. The molecule has 102 valence electrons. The van der Waals surface area contributed by atoms with Gasteiger partial charge in [-0.25, -0.2) is 9.59 Å². The summed E-state index contributed by atoms with van der Waals surface area (Å²) >= 11 is 1.47. The van der Waals surface area contributed by atoms with Crippen LogP contribution in [0.3, 0.4) is 0 Å². The van der Waals surface area contributed by atoms with E-state index in [-0.39, 0.29) is 18.6 Å². The Kier molecular flexibility index (Phi) is 4.34. The molecular formula is C11H18N2O4S. The zero-order chi connectivity index (χ0) is 13.1. The number of carboxylic acids is 1. The molecule has 2 aliphatic rings. The van der Waals surface area contributed by atoms with Crippen LogP contribution in [0.2, 0.25) is 0 Å². The van der Waals surface area contributed by atoms with Crippen LogP contribution in [0, 0.1) is 5.92 Å². The summed E-state index contributed by atoms with van der Waals surface area (Å²) in [7, 11) is 0. The van der Waals surface area contributed by atoms with Crippen molar-refractivity contribution in [2.75, 3.05) is 31.3 Å². The van der Waals surface area contributed by atoms with Crippen LogP contribution in [0.25, 0.3) is 0 Å². The average molecular weight is 274 g/mol. The third-order valence-corrected chi connectivity index (χ3v) is 4.57. The molecular weight excluding hydrogens is 256 g/mol. The van der Waals surface area contributed by atoms with E-state index in [1.165, 1.54) is 16.7 Å². The quantitative estimate of drug-likeness (QED) is 0.755. The zero-order valence-corrected chi connectivity index (χ0v) is 10.9. The lowest BCUT2D eigenvalue weighted by Gasteiger charge is -2.34. The van der Waals surface area contributed by atoms with E-state index in [1.807, 2.05) is 0 Å². The van der Waals surface area contributed by atoms with E-state index in [0.29, 0.717) is 24.7 Å². The maximum absolute atomic E-state index is 12.2. The van der Waals surface area contributed by atoms with E-state index in [4.69, 9.17) is 10.2 Å². The van der Waals surface area contributed by atoms with Crippen molar-refractivity contribution in [1.82, 2.24) is 9.80 Å². The Balaban J connectivity index is 1.93. The Morgan fingerprint density at radius 3 is 2.50 bits per heavy atom. The molecule has 2 saturated heterocycles. The van der Waals surface area contributed by atoms with Gasteiger partial charge in [-0.1, -0.05) is 0 Å². The maximum Gasteiger partial charge on any atom is 0.327 e. The van der Waals surface area contributed by atoms with Crippen LogP contribution < -0.4 is 0 Å². The number of hydrogen-bond acceptors (Lipinski definition) is 4. The van der Waals surface area contributed by atoms with E-state index in [0.717, 1.165) is 12.8 Å². The molecule has 2 rings (SSSR count). The summed E-state index contributed by atoms with van der Waals surface area (Å²) in [4.78, 5) is 26.4. The SMILES string of the molecule is O=C(O)[C@@H]1CSCN1C(=O)N1CCC(CO)CC1. The fraction of sp³-hybridized carbons (Fsp3) is 0.818. The number of likely N-dealkylation sites (tertiary alicyclic amines) is 1. The van der Waals surface area contributed by atoms with Gasteiger partial charge >= 0.3 is 12.0 Å². The van der Waals surface area contributed by atoms with Gasteiger partial charge in [-0.15, -0.1) is 11.8 Å². The number of amides is 2. The number of nitrogens with zero attached hydrogens (tertiary/aromatic N) is 2. The lowest BCUT2D eigenvalue weighted by molar-refractivity contribution is -0.141. The van der Waals surface area contributed by atoms with Gasteiger partial charge in [-0.3, -0.25) is 0 Å². The Bertz CT molecular complexity index is 331. The number of thioether (sulfide) groups is 1. The minimum absolute atomic E-state index is 0.166. The van der Waals surface area contributed by atoms with Crippen LogP contribution in [0.1, 0.15) is 12.8 Å². The highest BCUT2D eigenvalue weighted by atomic mass is 32.2. The summed E-state index contributed by atoms with van der Waals surface area (Å²) in [6.45, 7) is 1.38. The van der Waals surface area contributed by atoms with Crippen LogP contribution >= 0.6 is 11.8 Å². The van der Waals surface area contributed by atoms with E-state index >= 15 is 0 Å². The molecule has 0 unspecified atom stereocenters. The standard InChI is InChI=1S/C11H18N2O4S/c14-5-8-1-3-12(4-2-8)11(17)13-7-18-6-9(13)10(15)16/h8-9,14H,1-7H2,(H,15,16)/t9-/m0/s1. The molecule has 2 amide bonds. The van der Waals surface area contributed by atoms with Crippen molar-refractivity contribution in [2.24, 2.45) is 5.92 Å². The number of piperidine rings is 1. The molecule has 0 bridgehead atoms. The van der Waals surface area contributed by atoms with Crippen molar-refractivity contribution < 1.29 is 19.8 Å². The van der Waals surface area contributed by atoms with Crippen LogP contribution in [0.4, 0.5) is 4.79 Å². The smallest absolute Gasteiger partial charge is 0.327 e. The van der Waals surface area contributed by atoms with Gasteiger partial charge in [0.1, 0.15) is 6.04 Å². The lowest BCUT2D eigenvalue weighted by atomic mass is 9.98. The number of hydrogen-bond donors (Lipinski definition) is 2. The topological polar surface area (TPSA) is 81.1 Å². The normalized spacial score (nSPS) is 25.5. The first-order valence-corrected chi connectivity index (χ1v) is 7.26. The van der Waals surface area contributed by atoms with Crippen LogP contribution in [0.15, 0.2) is 0 Å². The Labute approximate surface area is 110 Å². The average Bonchev–Trinajstić information content (AvgIpc) is 2.87. The minimum Gasteiger partial charge on any atom is -0.480 e. The van der Waals surface area contributed by atoms with Crippen LogP contribution in [0.5, 0.6) is 0 Å². The molecule has 0 spiro atoms. The number of aliphatic carboxylic acids is 1. The van der Waals surface area contributed by atoms with Gasteiger partial charge in [0.15, 0.2) is 0 Å². The summed E-state index contributed by atoms with van der Waals surface area (Å²) in [6, 6.07) is -0.873. The third kappa shape index (κ3) is 2.72. The van der Waals surface area contributed by atoms with Gasteiger partial charge < -0.3 is 20.0 Å². The van der Waals surface area contributed by atoms with Gasteiger partial charge in [-0.2, -0.15) is 0 Å². The first-order chi connectivity index (χ1) is 8.63. The summed E-state index contributed by atoms with van der Waals surface area (Å²) in [5.74, 6) is 0.264. The molecule has 0 aromatic carbocycles. The number of aliphatic hydroxyl groups excluding tert-OH is 1.